The van der Waals surface area contributed by atoms with Gasteiger partial charge in [-0.2, -0.15) is 0 Å². The van der Waals surface area contributed by atoms with E-state index in [0.29, 0.717) is 0 Å². The van der Waals surface area contributed by atoms with Crippen LogP contribution in [0.1, 0.15) is 32.0 Å². The Morgan fingerprint density at radius 2 is 1.82 bits per heavy atom. The van der Waals surface area contributed by atoms with Crippen molar-refractivity contribution in [3.63, 3.8) is 0 Å². The largest absolute Gasteiger partial charge is 0.497 e. The van der Waals surface area contributed by atoms with Crippen LogP contribution in [0.2, 0.25) is 0 Å². The fraction of sp³-hybridized carbons (Fsp3) is 0.400. The van der Waals surface area contributed by atoms with E-state index < -0.39 is 0 Å². The Balaban J connectivity index is 2.69. The van der Waals surface area contributed by atoms with Crippen LogP contribution in [0, 0.1) is 6.92 Å². The standard InChI is InChI=1S/C15H19NO/c1-10-13(15(2,3)4)9-11-8-12(17-5)6-7-14(11)16-10/h6-9H,1-5H3. The van der Waals surface area contributed by atoms with Crippen LogP contribution in [0.5, 0.6) is 5.75 Å². The van der Waals surface area contributed by atoms with Crippen LogP contribution < -0.4 is 4.74 Å². The molecule has 2 rings (SSSR count). The average Bonchev–Trinajstić information content (AvgIpc) is 2.26. The number of rotatable bonds is 1. The number of aryl methyl sites for hydroxylation is 1. The summed E-state index contributed by atoms with van der Waals surface area (Å²) in [6.07, 6.45) is 0. The van der Waals surface area contributed by atoms with Crippen LogP contribution in [0.3, 0.4) is 0 Å². The van der Waals surface area contributed by atoms with Gasteiger partial charge in [0.05, 0.1) is 12.6 Å². The van der Waals surface area contributed by atoms with Crippen LogP contribution in [-0.4, -0.2) is 12.1 Å². The second-order valence-electron chi connectivity index (χ2n) is 5.43. The molecule has 2 aromatic rings. The van der Waals surface area contributed by atoms with Crippen molar-refractivity contribution in [3.8, 4) is 5.75 Å². The number of nitrogens with zero attached hydrogens (tertiary/aromatic N) is 1. The van der Waals surface area contributed by atoms with Gasteiger partial charge < -0.3 is 4.74 Å². The molecule has 0 saturated heterocycles. The molecule has 2 heteroatoms. The monoisotopic (exact) mass is 229 g/mol. The van der Waals surface area contributed by atoms with Crippen molar-refractivity contribution in [3.05, 3.63) is 35.5 Å². The Bertz CT molecular complexity index is 553. The highest BCUT2D eigenvalue weighted by atomic mass is 16.5. The van der Waals surface area contributed by atoms with Crippen molar-refractivity contribution in [1.29, 1.82) is 0 Å². The lowest BCUT2D eigenvalue weighted by molar-refractivity contribution is 0.415. The molecule has 0 aliphatic carbocycles. The number of aromatic nitrogens is 1. The Hall–Kier alpha value is -1.57. The Labute approximate surface area is 103 Å². The summed E-state index contributed by atoms with van der Waals surface area (Å²) in [4.78, 5) is 4.66. The van der Waals surface area contributed by atoms with Gasteiger partial charge in [0.1, 0.15) is 5.75 Å². The van der Waals surface area contributed by atoms with Gasteiger partial charge in [0.2, 0.25) is 0 Å². The van der Waals surface area contributed by atoms with Gasteiger partial charge in [0, 0.05) is 11.1 Å². The molecule has 0 radical (unpaired) electrons. The minimum atomic E-state index is 0.119. The van der Waals surface area contributed by atoms with Gasteiger partial charge in [-0.3, -0.25) is 4.98 Å². The quantitative estimate of drug-likeness (QED) is 0.741. The van der Waals surface area contributed by atoms with E-state index in [9.17, 15) is 0 Å². The molecule has 1 aromatic heterocycles. The second kappa shape index (κ2) is 4.02. The Morgan fingerprint density at radius 3 is 2.41 bits per heavy atom. The summed E-state index contributed by atoms with van der Waals surface area (Å²) in [6.45, 7) is 8.71. The maximum Gasteiger partial charge on any atom is 0.119 e. The summed E-state index contributed by atoms with van der Waals surface area (Å²) in [7, 11) is 1.69. The third kappa shape index (κ3) is 2.26. The summed E-state index contributed by atoms with van der Waals surface area (Å²) >= 11 is 0. The zero-order valence-electron chi connectivity index (χ0n) is 11.2. The maximum absolute atomic E-state index is 5.25. The molecule has 0 fully saturated rings. The van der Waals surface area contributed by atoms with E-state index in [1.54, 1.807) is 7.11 Å². The summed E-state index contributed by atoms with van der Waals surface area (Å²) in [5.41, 5.74) is 3.54. The highest BCUT2D eigenvalue weighted by molar-refractivity contribution is 5.81. The third-order valence-corrected chi connectivity index (χ3v) is 3.02. The predicted octanol–water partition coefficient (Wildman–Crippen LogP) is 3.85. The zero-order chi connectivity index (χ0) is 12.6. The van der Waals surface area contributed by atoms with Gasteiger partial charge in [0.25, 0.3) is 0 Å². The molecule has 0 saturated carbocycles. The molecular formula is C15H19NO. The van der Waals surface area contributed by atoms with E-state index >= 15 is 0 Å². The summed E-state index contributed by atoms with van der Waals surface area (Å²) in [5.74, 6) is 0.878. The molecular weight excluding hydrogens is 210 g/mol. The van der Waals surface area contributed by atoms with Crippen molar-refractivity contribution in [2.45, 2.75) is 33.1 Å². The molecule has 0 aliphatic heterocycles. The summed E-state index contributed by atoms with van der Waals surface area (Å²) < 4.78 is 5.25. The first-order valence-corrected chi connectivity index (χ1v) is 5.87. The smallest absolute Gasteiger partial charge is 0.119 e. The van der Waals surface area contributed by atoms with Crippen LogP contribution >= 0.6 is 0 Å². The zero-order valence-corrected chi connectivity index (χ0v) is 11.2. The second-order valence-corrected chi connectivity index (χ2v) is 5.43. The van der Waals surface area contributed by atoms with Crippen LogP contribution in [0.15, 0.2) is 24.3 Å². The van der Waals surface area contributed by atoms with Gasteiger partial charge >= 0.3 is 0 Å². The number of hydrogen-bond acceptors (Lipinski definition) is 2. The van der Waals surface area contributed by atoms with E-state index in [4.69, 9.17) is 4.74 Å². The SMILES string of the molecule is COc1ccc2nc(C)c(C(C)(C)C)cc2c1. The van der Waals surface area contributed by atoms with E-state index in [1.165, 1.54) is 5.56 Å². The van der Waals surface area contributed by atoms with Crippen molar-refractivity contribution in [1.82, 2.24) is 4.98 Å². The fourth-order valence-corrected chi connectivity index (χ4v) is 2.14. The predicted molar refractivity (Wildman–Crippen MR) is 71.7 cm³/mol. The minimum absolute atomic E-state index is 0.119. The third-order valence-electron chi connectivity index (χ3n) is 3.02. The lowest BCUT2D eigenvalue weighted by atomic mass is 9.85. The van der Waals surface area contributed by atoms with Gasteiger partial charge in [-0.15, -0.1) is 0 Å². The van der Waals surface area contributed by atoms with Crippen LogP contribution in [0.25, 0.3) is 10.9 Å². The molecule has 0 spiro atoms. The van der Waals surface area contributed by atoms with Crippen LogP contribution in [-0.2, 0) is 5.41 Å². The number of hydrogen-bond donors (Lipinski definition) is 0. The first-order valence-electron chi connectivity index (χ1n) is 5.87. The number of pyridine rings is 1. The van der Waals surface area contributed by atoms with E-state index in [0.717, 1.165) is 22.3 Å². The van der Waals surface area contributed by atoms with Crippen molar-refractivity contribution < 1.29 is 4.74 Å². The lowest BCUT2D eigenvalue weighted by Crippen LogP contribution is -2.14. The van der Waals surface area contributed by atoms with Gasteiger partial charge in [-0.1, -0.05) is 20.8 Å². The van der Waals surface area contributed by atoms with Gasteiger partial charge in [-0.05, 0) is 42.2 Å². The maximum atomic E-state index is 5.25. The van der Waals surface area contributed by atoms with E-state index in [-0.39, 0.29) is 5.41 Å². The van der Waals surface area contributed by atoms with Crippen molar-refractivity contribution >= 4 is 10.9 Å². The Kier molecular flexibility index (Phi) is 2.82. The molecule has 17 heavy (non-hydrogen) atoms. The fourth-order valence-electron chi connectivity index (χ4n) is 2.14. The first kappa shape index (κ1) is 11.9. The average molecular weight is 229 g/mol. The van der Waals surface area contributed by atoms with E-state index in [2.05, 4.69) is 38.7 Å². The normalized spacial score (nSPS) is 11.8. The molecule has 0 N–H and O–H groups in total. The molecule has 1 heterocycles. The van der Waals surface area contributed by atoms with Gasteiger partial charge in [-0.25, -0.2) is 0 Å². The molecule has 0 aliphatic rings. The summed E-state index contributed by atoms with van der Waals surface area (Å²) in [5, 5.41) is 1.14. The topological polar surface area (TPSA) is 22.1 Å². The number of methoxy groups -OCH3 is 1. The molecule has 0 amide bonds. The molecule has 1 aromatic carbocycles. The molecule has 2 nitrogen and oxygen atoms in total. The molecule has 90 valence electrons. The number of benzene rings is 1. The van der Waals surface area contributed by atoms with Crippen molar-refractivity contribution in [2.24, 2.45) is 0 Å². The van der Waals surface area contributed by atoms with Crippen molar-refractivity contribution in [2.75, 3.05) is 7.11 Å². The number of fused-ring (bicyclic) bond motifs is 1. The lowest BCUT2D eigenvalue weighted by Gasteiger charge is -2.21. The van der Waals surface area contributed by atoms with Gasteiger partial charge in [0.15, 0.2) is 0 Å². The molecule has 0 atom stereocenters. The highest BCUT2D eigenvalue weighted by Crippen LogP contribution is 2.29. The minimum Gasteiger partial charge on any atom is -0.497 e. The van der Waals surface area contributed by atoms with Crippen LogP contribution in [0.4, 0.5) is 0 Å². The molecule has 0 bridgehead atoms. The summed E-state index contributed by atoms with van der Waals surface area (Å²) in [6, 6.07) is 8.22. The first-order chi connectivity index (χ1) is 7.91. The van der Waals surface area contributed by atoms with E-state index in [1.807, 2.05) is 18.2 Å². The molecule has 0 unspecified atom stereocenters. The highest BCUT2D eigenvalue weighted by Gasteiger charge is 2.17. The number of ether oxygens (including phenoxy) is 1. The Morgan fingerprint density at radius 1 is 1.12 bits per heavy atom.